The Hall–Kier alpha value is -3.15. The second-order valence-electron chi connectivity index (χ2n) is 5.79. The van der Waals surface area contributed by atoms with Gasteiger partial charge in [-0.05, 0) is 43.7 Å². The molecule has 0 aliphatic rings. The van der Waals surface area contributed by atoms with E-state index in [4.69, 9.17) is 0 Å². The number of anilines is 2. The molecule has 0 aliphatic heterocycles. The van der Waals surface area contributed by atoms with Crippen LogP contribution in [-0.4, -0.2) is 22.0 Å². The molecule has 3 aromatic rings. The van der Waals surface area contributed by atoms with Crippen LogP contribution < -0.4 is 10.6 Å². The number of amides is 2. The highest BCUT2D eigenvalue weighted by atomic mass is 16.2. The first-order chi connectivity index (χ1) is 11.4. The lowest BCUT2D eigenvalue weighted by atomic mass is 10.1. The third-order valence-electron chi connectivity index (χ3n) is 3.74. The van der Waals surface area contributed by atoms with Gasteiger partial charge in [-0.3, -0.25) is 14.7 Å². The van der Waals surface area contributed by atoms with Crippen molar-refractivity contribution >= 4 is 34.1 Å². The van der Waals surface area contributed by atoms with Gasteiger partial charge in [-0.2, -0.15) is 5.10 Å². The summed E-state index contributed by atoms with van der Waals surface area (Å²) in [4.78, 5) is 23.8. The van der Waals surface area contributed by atoms with Crippen LogP contribution >= 0.6 is 0 Å². The Balaban J connectivity index is 1.91. The summed E-state index contributed by atoms with van der Waals surface area (Å²) in [6, 6.07) is 11.1. The number of aromatic nitrogens is 2. The van der Waals surface area contributed by atoms with Crippen LogP contribution in [0.4, 0.5) is 11.4 Å². The Morgan fingerprint density at radius 2 is 1.83 bits per heavy atom. The summed E-state index contributed by atoms with van der Waals surface area (Å²) in [7, 11) is 0. The quantitative estimate of drug-likeness (QED) is 0.691. The highest BCUT2D eigenvalue weighted by Crippen LogP contribution is 2.23. The van der Waals surface area contributed by atoms with Gasteiger partial charge in [0, 0.05) is 23.7 Å². The maximum atomic E-state index is 12.6. The number of hydrogen-bond donors (Lipinski definition) is 3. The molecule has 0 aliphatic carbocycles. The van der Waals surface area contributed by atoms with Crippen molar-refractivity contribution in [3.8, 4) is 0 Å². The summed E-state index contributed by atoms with van der Waals surface area (Å²) in [6.07, 6.45) is 0. The zero-order chi connectivity index (χ0) is 17.3. The highest BCUT2D eigenvalue weighted by Gasteiger charge is 2.15. The molecule has 0 unspecified atom stereocenters. The average molecular weight is 322 g/mol. The Kier molecular flexibility index (Phi) is 4.04. The normalized spacial score (nSPS) is 10.6. The molecule has 24 heavy (non-hydrogen) atoms. The average Bonchev–Trinajstić information content (AvgIpc) is 2.93. The van der Waals surface area contributed by atoms with Gasteiger partial charge in [0.25, 0.3) is 5.91 Å². The zero-order valence-corrected chi connectivity index (χ0v) is 13.7. The first-order valence-corrected chi connectivity index (χ1v) is 7.58. The molecular weight excluding hydrogens is 304 g/mol. The summed E-state index contributed by atoms with van der Waals surface area (Å²) < 4.78 is 0. The van der Waals surface area contributed by atoms with E-state index >= 15 is 0 Å². The van der Waals surface area contributed by atoms with Crippen LogP contribution in [0, 0.1) is 13.8 Å². The van der Waals surface area contributed by atoms with Crippen molar-refractivity contribution < 1.29 is 9.59 Å². The van der Waals surface area contributed by atoms with E-state index < -0.39 is 0 Å². The van der Waals surface area contributed by atoms with Crippen molar-refractivity contribution in [1.82, 2.24) is 10.2 Å². The van der Waals surface area contributed by atoms with Crippen LogP contribution in [0.3, 0.4) is 0 Å². The Bertz CT molecular complexity index is 943. The number of carbonyl (C=O) groups is 2. The molecule has 6 heteroatoms. The predicted molar refractivity (Wildman–Crippen MR) is 94.3 cm³/mol. The highest BCUT2D eigenvalue weighted by molar-refractivity contribution is 6.11. The van der Waals surface area contributed by atoms with E-state index in [9.17, 15) is 9.59 Å². The number of H-pyrrole nitrogens is 1. The molecule has 0 radical (unpaired) electrons. The number of benzene rings is 2. The third-order valence-corrected chi connectivity index (χ3v) is 3.74. The van der Waals surface area contributed by atoms with Crippen molar-refractivity contribution in [1.29, 1.82) is 0 Å². The summed E-state index contributed by atoms with van der Waals surface area (Å²) >= 11 is 0. The largest absolute Gasteiger partial charge is 0.326 e. The molecule has 122 valence electrons. The maximum absolute atomic E-state index is 12.6. The fourth-order valence-corrected chi connectivity index (χ4v) is 2.52. The van der Waals surface area contributed by atoms with Gasteiger partial charge >= 0.3 is 0 Å². The Morgan fingerprint density at radius 3 is 2.58 bits per heavy atom. The van der Waals surface area contributed by atoms with Gasteiger partial charge in [-0.25, -0.2) is 0 Å². The lowest BCUT2D eigenvalue weighted by molar-refractivity contribution is -0.114. The number of aromatic amines is 1. The molecule has 6 nitrogen and oxygen atoms in total. The van der Waals surface area contributed by atoms with Crippen LogP contribution in [0.15, 0.2) is 36.4 Å². The van der Waals surface area contributed by atoms with Crippen LogP contribution in [0.1, 0.15) is 28.5 Å². The standard InChI is InChI=1S/C18H18N4O2/c1-10-4-7-15-14(8-10)17(22-21-15)18(24)20-16-9-13(19-12(3)23)6-5-11(16)2/h4-9H,1-3H3,(H,19,23)(H,20,24)(H,21,22). The maximum Gasteiger partial charge on any atom is 0.276 e. The predicted octanol–water partition coefficient (Wildman–Crippen LogP) is 3.39. The van der Waals surface area contributed by atoms with E-state index in [0.29, 0.717) is 17.1 Å². The second kappa shape index (κ2) is 6.16. The molecule has 0 fully saturated rings. The summed E-state index contributed by atoms with van der Waals surface area (Å²) in [6.45, 7) is 5.30. The monoisotopic (exact) mass is 322 g/mol. The summed E-state index contributed by atoms with van der Waals surface area (Å²) in [5.74, 6) is -0.458. The van der Waals surface area contributed by atoms with E-state index in [0.717, 1.165) is 22.0 Å². The smallest absolute Gasteiger partial charge is 0.276 e. The lowest BCUT2D eigenvalue weighted by Gasteiger charge is -2.10. The van der Waals surface area contributed by atoms with E-state index in [1.165, 1.54) is 6.92 Å². The van der Waals surface area contributed by atoms with Crippen molar-refractivity contribution in [2.75, 3.05) is 10.6 Å². The van der Waals surface area contributed by atoms with Gasteiger partial charge in [0.2, 0.25) is 5.91 Å². The van der Waals surface area contributed by atoms with Gasteiger partial charge in [0.1, 0.15) is 0 Å². The van der Waals surface area contributed by atoms with E-state index in [-0.39, 0.29) is 11.8 Å². The molecule has 2 amide bonds. The fourth-order valence-electron chi connectivity index (χ4n) is 2.52. The molecule has 0 saturated carbocycles. The number of hydrogen-bond acceptors (Lipinski definition) is 3. The first-order valence-electron chi connectivity index (χ1n) is 7.58. The van der Waals surface area contributed by atoms with E-state index in [1.54, 1.807) is 12.1 Å². The second-order valence-corrected chi connectivity index (χ2v) is 5.79. The molecule has 1 heterocycles. The van der Waals surface area contributed by atoms with Gasteiger partial charge in [-0.1, -0.05) is 17.7 Å². The Morgan fingerprint density at radius 1 is 1.04 bits per heavy atom. The van der Waals surface area contributed by atoms with Crippen LogP contribution in [0.25, 0.3) is 10.9 Å². The number of carbonyl (C=O) groups excluding carboxylic acids is 2. The van der Waals surface area contributed by atoms with Gasteiger partial charge in [0.15, 0.2) is 5.69 Å². The minimum absolute atomic E-state index is 0.162. The molecule has 0 saturated heterocycles. The van der Waals surface area contributed by atoms with Crippen molar-refractivity contribution in [2.24, 2.45) is 0 Å². The van der Waals surface area contributed by atoms with Gasteiger partial charge < -0.3 is 10.6 Å². The van der Waals surface area contributed by atoms with Crippen LogP contribution in [0.5, 0.6) is 0 Å². The molecule has 3 N–H and O–H groups in total. The number of rotatable bonds is 3. The van der Waals surface area contributed by atoms with Crippen LogP contribution in [0.2, 0.25) is 0 Å². The fraction of sp³-hybridized carbons (Fsp3) is 0.167. The molecule has 1 aromatic heterocycles. The Labute approximate surface area is 139 Å². The molecule has 0 bridgehead atoms. The van der Waals surface area contributed by atoms with Crippen molar-refractivity contribution in [3.63, 3.8) is 0 Å². The number of nitrogens with zero attached hydrogens (tertiary/aromatic N) is 1. The van der Waals surface area contributed by atoms with E-state index in [2.05, 4.69) is 20.8 Å². The molecule has 2 aromatic carbocycles. The van der Waals surface area contributed by atoms with Crippen LogP contribution in [-0.2, 0) is 4.79 Å². The first kappa shape index (κ1) is 15.7. The molecule has 0 spiro atoms. The topological polar surface area (TPSA) is 86.9 Å². The van der Waals surface area contributed by atoms with Crippen molar-refractivity contribution in [2.45, 2.75) is 20.8 Å². The number of nitrogens with one attached hydrogen (secondary N) is 3. The minimum Gasteiger partial charge on any atom is -0.326 e. The summed E-state index contributed by atoms with van der Waals surface area (Å²) in [5.41, 5.74) is 4.38. The number of fused-ring (bicyclic) bond motifs is 1. The zero-order valence-electron chi connectivity index (χ0n) is 13.7. The third kappa shape index (κ3) is 3.12. The summed E-state index contributed by atoms with van der Waals surface area (Å²) in [5, 5.41) is 13.3. The molecule has 3 rings (SSSR count). The molecular formula is C18H18N4O2. The SMILES string of the molecule is CC(=O)Nc1ccc(C)c(NC(=O)c2n[nH]c3ccc(C)cc23)c1. The molecule has 0 atom stereocenters. The van der Waals surface area contributed by atoms with E-state index in [1.807, 2.05) is 38.1 Å². The van der Waals surface area contributed by atoms with Crippen molar-refractivity contribution in [3.05, 3.63) is 53.2 Å². The minimum atomic E-state index is -0.296. The number of aryl methyl sites for hydroxylation is 2. The van der Waals surface area contributed by atoms with Gasteiger partial charge in [0.05, 0.1) is 5.52 Å². The van der Waals surface area contributed by atoms with Gasteiger partial charge in [-0.15, -0.1) is 0 Å². The lowest BCUT2D eigenvalue weighted by Crippen LogP contribution is -2.14.